The summed E-state index contributed by atoms with van der Waals surface area (Å²) in [6, 6.07) is 3.55. The highest BCUT2D eigenvalue weighted by molar-refractivity contribution is 5.51. The third-order valence-corrected chi connectivity index (χ3v) is 5.31. The minimum atomic E-state index is -0.00401. The van der Waals surface area contributed by atoms with Gasteiger partial charge in [0.15, 0.2) is 0 Å². The van der Waals surface area contributed by atoms with Crippen LogP contribution in [-0.4, -0.2) is 39.4 Å². The first-order valence-electron chi connectivity index (χ1n) is 9.01. The first-order chi connectivity index (χ1) is 12.3. The second-order valence-corrected chi connectivity index (χ2v) is 7.25. The minimum absolute atomic E-state index is 0.00401. The smallest absolute Gasteiger partial charge is 0.266 e. The van der Waals surface area contributed by atoms with Crippen molar-refractivity contribution in [2.24, 2.45) is 5.92 Å². The molecule has 0 atom stereocenters. The Labute approximate surface area is 145 Å². The lowest BCUT2D eigenvalue weighted by Crippen LogP contribution is -2.50. The summed E-state index contributed by atoms with van der Waals surface area (Å²) >= 11 is 0. The van der Waals surface area contributed by atoms with Gasteiger partial charge in [0.25, 0.3) is 5.56 Å². The molecule has 5 rings (SSSR count). The summed E-state index contributed by atoms with van der Waals surface area (Å²) in [6.07, 6.45) is 4.90. The molecule has 2 aromatic heterocycles. The molecule has 1 saturated carbocycles. The molecule has 0 unspecified atom stereocenters. The fourth-order valence-corrected chi connectivity index (χ4v) is 3.71. The number of aromatic nitrogens is 4. The number of ether oxygens (including phenoxy) is 1. The van der Waals surface area contributed by atoms with Crippen LogP contribution in [0.5, 0.6) is 0 Å². The number of hydrogen-bond acceptors (Lipinski definition) is 6. The molecule has 0 N–H and O–H groups in total. The van der Waals surface area contributed by atoms with Gasteiger partial charge in [0.2, 0.25) is 0 Å². The van der Waals surface area contributed by atoms with E-state index in [1.807, 2.05) is 6.07 Å². The maximum absolute atomic E-state index is 12.1. The second-order valence-electron chi connectivity index (χ2n) is 7.25. The summed E-state index contributed by atoms with van der Waals surface area (Å²) in [5.74, 6) is 1.99. The molecule has 25 heavy (non-hydrogen) atoms. The van der Waals surface area contributed by atoms with E-state index in [4.69, 9.17) is 4.74 Å². The Kier molecular flexibility index (Phi) is 3.55. The highest BCUT2D eigenvalue weighted by Crippen LogP contribution is 2.38. The van der Waals surface area contributed by atoms with Crippen molar-refractivity contribution in [1.29, 1.82) is 0 Å². The highest BCUT2D eigenvalue weighted by atomic mass is 16.5. The molecule has 0 bridgehead atoms. The van der Waals surface area contributed by atoms with Gasteiger partial charge in [-0.15, -0.1) is 0 Å². The normalized spacial score (nSPS) is 20.2. The molecular weight excluding hydrogens is 318 g/mol. The van der Waals surface area contributed by atoms with Crippen LogP contribution in [-0.2, 0) is 24.3 Å². The van der Waals surface area contributed by atoms with Gasteiger partial charge in [-0.25, -0.2) is 14.6 Å². The lowest BCUT2D eigenvalue weighted by molar-refractivity contribution is 0.109. The Balaban J connectivity index is 1.28. The molecule has 2 aromatic rings. The molecule has 2 aliphatic heterocycles. The van der Waals surface area contributed by atoms with Crippen molar-refractivity contribution in [1.82, 2.24) is 19.7 Å². The van der Waals surface area contributed by atoms with Crippen LogP contribution < -0.4 is 10.5 Å². The predicted octanol–water partition coefficient (Wildman–Crippen LogP) is 1.12. The first-order valence-corrected chi connectivity index (χ1v) is 9.01. The van der Waals surface area contributed by atoms with Crippen molar-refractivity contribution in [3.05, 3.63) is 45.8 Å². The zero-order chi connectivity index (χ0) is 16.8. The van der Waals surface area contributed by atoms with Crippen LogP contribution in [0.3, 0.4) is 0 Å². The Morgan fingerprint density at radius 3 is 2.92 bits per heavy atom. The number of rotatable bonds is 4. The van der Waals surface area contributed by atoms with E-state index in [-0.39, 0.29) is 5.56 Å². The van der Waals surface area contributed by atoms with Crippen LogP contribution in [0.15, 0.2) is 23.3 Å². The molecular formula is C18H21N5O2. The SMILES string of the molecule is O=c1ccc(C2CC2)nn1CC1CN(c2ncnc3c2COCC3)C1. The topological polar surface area (TPSA) is 73.1 Å². The molecule has 0 spiro atoms. The van der Waals surface area contributed by atoms with E-state index in [0.29, 0.717) is 25.0 Å². The van der Waals surface area contributed by atoms with E-state index in [1.54, 1.807) is 17.1 Å². The standard InChI is InChI=1S/C18H21N5O2/c24-17-4-3-15(13-1-2-13)21-23(17)9-12-7-22(8-12)18-14-10-25-6-5-16(14)19-11-20-18/h3-4,11-13H,1-2,5-10H2. The fourth-order valence-electron chi connectivity index (χ4n) is 3.71. The van der Waals surface area contributed by atoms with Gasteiger partial charge in [-0.1, -0.05) is 0 Å². The van der Waals surface area contributed by atoms with E-state index in [1.165, 1.54) is 12.8 Å². The Morgan fingerprint density at radius 2 is 2.08 bits per heavy atom. The molecule has 130 valence electrons. The highest BCUT2D eigenvalue weighted by Gasteiger charge is 2.32. The molecule has 0 aromatic carbocycles. The summed E-state index contributed by atoms with van der Waals surface area (Å²) in [5, 5.41) is 4.56. The van der Waals surface area contributed by atoms with Gasteiger partial charge in [0.05, 0.1) is 31.1 Å². The van der Waals surface area contributed by atoms with Crippen LogP contribution in [0.25, 0.3) is 0 Å². The largest absolute Gasteiger partial charge is 0.376 e. The third kappa shape index (κ3) is 2.82. The average Bonchev–Trinajstić information content (AvgIpc) is 3.44. The maximum Gasteiger partial charge on any atom is 0.266 e. The van der Waals surface area contributed by atoms with Gasteiger partial charge in [0, 0.05) is 43.0 Å². The maximum atomic E-state index is 12.1. The summed E-state index contributed by atoms with van der Waals surface area (Å²) < 4.78 is 7.22. The van der Waals surface area contributed by atoms with Gasteiger partial charge < -0.3 is 9.64 Å². The van der Waals surface area contributed by atoms with Crippen LogP contribution in [0.2, 0.25) is 0 Å². The monoisotopic (exact) mass is 339 g/mol. The van der Waals surface area contributed by atoms with Crippen molar-refractivity contribution in [2.75, 3.05) is 24.6 Å². The zero-order valence-corrected chi connectivity index (χ0v) is 14.1. The van der Waals surface area contributed by atoms with Crippen LogP contribution in [0.1, 0.15) is 35.7 Å². The second kappa shape index (κ2) is 5.91. The summed E-state index contributed by atoms with van der Waals surface area (Å²) in [6.45, 7) is 3.80. The molecule has 4 heterocycles. The van der Waals surface area contributed by atoms with Crippen LogP contribution in [0, 0.1) is 5.92 Å². The zero-order valence-electron chi connectivity index (χ0n) is 14.1. The predicted molar refractivity (Wildman–Crippen MR) is 91.6 cm³/mol. The number of anilines is 1. The van der Waals surface area contributed by atoms with E-state index in [9.17, 15) is 4.79 Å². The quantitative estimate of drug-likeness (QED) is 0.831. The minimum Gasteiger partial charge on any atom is -0.376 e. The molecule has 0 radical (unpaired) electrons. The molecule has 7 nitrogen and oxygen atoms in total. The third-order valence-electron chi connectivity index (χ3n) is 5.31. The molecule has 1 aliphatic carbocycles. The lowest BCUT2D eigenvalue weighted by Gasteiger charge is -2.41. The van der Waals surface area contributed by atoms with E-state index < -0.39 is 0 Å². The number of fused-ring (bicyclic) bond motifs is 1. The Hall–Kier alpha value is -2.28. The molecule has 7 heteroatoms. The Bertz CT molecular complexity index is 855. The molecule has 2 fully saturated rings. The van der Waals surface area contributed by atoms with Gasteiger partial charge in [-0.3, -0.25) is 4.79 Å². The van der Waals surface area contributed by atoms with Crippen molar-refractivity contribution in [3.63, 3.8) is 0 Å². The average molecular weight is 339 g/mol. The summed E-state index contributed by atoms with van der Waals surface area (Å²) in [5.41, 5.74) is 3.29. The molecule has 0 amide bonds. The number of nitrogens with zero attached hydrogens (tertiary/aromatic N) is 5. The van der Waals surface area contributed by atoms with E-state index in [2.05, 4.69) is 20.0 Å². The molecule has 1 saturated heterocycles. The lowest BCUT2D eigenvalue weighted by atomic mass is 9.98. The van der Waals surface area contributed by atoms with Crippen molar-refractivity contribution < 1.29 is 4.74 Å². The summed E-state index contributed by atoms with van der Waals surface area (Å²) in [7, 11) is 0. The van der Waals surface area contributed by atoms with Crippen molar-refractivity contribution >= 4 is 5.82 Å². The van der Waals surface area contributed by atoms with E-state index in [0.717, 1.165) is 48.9 Å². The van der Waals surface area contributed by atoms with Crippen molar-refractivity contribution in [2.45, 2.75) is 38.3 Å². The number of hydrogen-bond donors (Lipinski definition) is 0. The van der Waals surface area contributed by atoms with Crippen molar-refractivity contribution in [3.8, 4) is 0 Å². The van der Waals surface area contributed by atoms with Gasteiger partial charge in [-0.2, -0.15) is 5.10 Å². The van der Waals surface area contributed by atoms with Gasteiger partial charge in [0.1, 0.15) is 12.1 Å². The molecule has 3 aliphatic rings. The van der Waals surface area contributed by atoms with Crippen LogP contribution >= 0.6 is 0 Å². The first kappa shape index (κ1) is 15.0. The van der Waals surface area contributed by atoms with Crippen LogP contribution in [0.4, 0.5) is 5.82 Å². The Morgan fingerprint density at radius 1 is 1.20 bits per heavy atom. The van der Waals surface area contributed by atoms with Gasteiger partial charge >= 0.3 is 0 Å². The summed E-state index contributed by atoms with van der Waals surface area (Å²) in [4.78, 5) is 23.2. The van der Waals surface area contributed by atoms with Gasteiger partial charge in [-0.05, 0) is 18.9 Å². The van der Waals surface area contributed by atoms with E-state index >= 15 is 0 Å². The fraction of sp³-hybridized carbons (Fsp3) is 0.556.